The molecular weight excluding hydrogens is 246 g/mol. The number of rotatable bonds is 7. The summed E-state index contributed by atoms with van der Waals surface area (Å²) in [6.07, 6.45) is 8.04. The smallest absolute Gasteiger partial charge is 0.326 e. The molecule has 1 N–H and O–H groups in total. The number of thioether (sulfide) groups is 1. The van der Waals surface area contributed by atoms with Gasteiger partial charge in [0.05, 0.1) is 7.11 Å². The van der Waals surface area contributed by atoms with Gasteiger partial charge in [-0.2, -0.15) is 11.8 Å². The van der Waals surface area contributed by atoms with Crippen LogP contribution in [0.1, 0.15) is 51.9 Å². The molecule has 2 unspecified atom stereocenters. The third kappa shape index (κ3) is 4.16. The van der Waals surface area contributed by atoms with E-state index in [1.807, 2.05) is 18.8 Å². The van der Waals surface area contributed by atoms with Crippen LogP contribution in [-0.2, 0) is 9.53 Å². The number of hydrogen-bond donors (Lipinski definition) is 1. The van der Waals surface area contributed by atoms with Crippen LogP contribution in [0.4, 0.5) is 0 Å². The molecule has 0 aliphatic heterocycles. The lowest BCUT2D eigenvalue weighted by molar-refractivity contribution is -0.149. The molecule has 2 atom stereocenters. The van der Waals surface area contributed by atoms with Gasteiger partial charge in [-0.3, -0.25) is 4.79 Å². The van der Waals surface area contributed by atoms with E-state index in [2.05, 4.69) is 12.2 Å². The second-order valence-corrected chi connectivity index (χ2v) is 6.53. The van der Waals surface area contributed by atoms with Gasteiger partial charge in [0.1, 0.15) is 5.54 Å². The molecule has 0 bridgehead atoms. The maximum absolute atomic E-state index is 11.9. The molecule has 1 fully saturated rings. The fraction of sp³-hybridized carbons (Fsp3) is 0.929. The SMILES string of the molecule is CCCCCSC1CCCC(NC)(C(=O)OC)C1. The molecule has 1 rings (SSSR count). The summed E-state index contributed by atoms with van der Waals surface area (Å²) in [5.74, 6) is 1.13. The zero-order chi connectivity index (χ0) is 13.4. The van der Waals surface area contributed by atoms with Gasteiger partial charge in [-0.25, -0.2) is 0 Å². The van der Waals surface area contributed by atoms with E-state index in [1.165, 1.54) is 38.5 Å². The summed E-state index contributed by atoms with van der Waals surface area (Å²) in [6, 6.07) is 0. The van der Waals surface area contributed by atoms with Crippen molar-refractivity contribution in [2.45, 2.75) is 62.7 Å². The summed E-state index contributed by atoms with van der Waals surface area (Å²) in [5.41, 5.74) is -0.435. The van der Waals surface area contributed by atoms with Crippen LogP contribution in [0.25, 0.3) is 0 Å². The molecule has 0 amide bonds. The maximum atomic E-state index is 11.9. The van der Waals surface area contributed by atoms with Crippen LogP contribution in [0.5, 0.6) is 0 Å². The lowest BCUT2D eigenvalue weighted by atomic mass is 9.81. The molecule has 1 aliphatic carbocycles. The van der Waals surface area contributed by atoms with Gasteiger partial charge in [0.15, 0.2) is 0 Å². The number of ether oxygens (including phenoxy) is 1. The van der Waals surface area contributed by atoms with E-state index in [-0.39, 0.29) is 5.97 Å². The molecule has 0 heterocycles. The van der Waals surface area contributed by atoms with Gasteiger partial charge >= 0.3 is 5.97 Å². The van der Waals surface area contributed by atoms with Crippen molar-refractivity contribution in [3.8, 4) is 0 Å². The number of unbranched alkanes of at least 4 members (excludes halogenated alkanes) is 2. The fourth-order valence-corrected chi connectivity index (χ4v) is 4.12. The van der Waals surface area contributed by atoms with Crippen LogP contribution in [0.15, 0.2) is 0 Å². The van der Waals surface area contributed by atoms with Crippen molar-refractivity contribution in [2.24, 2.45) is 0 Å². The molecule has 0 radical (unpaired) electrons. The first kappa shape index (κ1) is 15.8. The molecule has 0 spiro atoms. The molecule has 0 saturated heterocycles. The fourth-order valence-electron chi connectivity index (χ4n) is 2.68. The highest BCUT2D eigenvalue weighted by Crippen LogP contribution is 2.36. The molecule has 4 heteroatoms. The molecule has 3 nitrogen and oxygen atoms in total. The van der Waals surface area contributed by atoms with Crippen LogP contribution < -0.4 is 5.32 Å². The average molecular weight is 273 g/mol. The molecule has 0 aromatic rings. The number of likely N-dealkylation sites (N-methyl/N-ethyl adjacent to an activating group) is 1. The van der Waals surface area contributed by atoms with E-state index in [9.17, 15) is 4.79 Å². The Labute approximate surface area is 115 Å². The normalized spacial score (nSPS) is 28.1. The van der Waals surface area contributed by atoms with Crippen LogP contribution >= 0.6 is 11.8 Å². The number of carbonyl (C=O) groups excluding carboxylic acids is 1. The Morgan fingerprint density at radius 2 is 2.28 bits per heavy atom. The lowest BCUT2D eigenvalue weighted by Gasteiger charge is -2.38. The summed E-state index contributed by atoms with van der Waals surface area (Å²) < 4.78 is 4.96. The van der Waals surface area contributed by atoms with E-state index < -0.39 is 5.54 Å². The third-order valence-corrected chi connectivity index (χ3v) is 5.26. The summed E-state index contributed by atoms with van der Waals surface area (Å²) >= 11 is 2.04. The minimum Gasteiger partial charge on any atom is -0.468 e. The standard InChI is InChI=1S/C14H27NO2S/c1-4-5-6-10-18-12-8-7-9-14(11-12,15-2)13(16)17-3/h12,15H,4-11H2,1-3H3. The molecular formula is C14H27NO2S. The Hall–Kier alpha value is -0.220. The van der Waals surface area contributed by atoms with E-state index >= 15 is 0 Å². The van der Waals surface area contributed by atoms with Crippen molar-refractivity contribution in [3.05, 3.63) is 0 Å². The minimum atomic E-state index is -0.435. The van der Waals surface area contributed by atoms with Crippen molar-refractivity contribution in [2.75, 3.05) is 19.9 Å². The van der Waals surface area contributed by atoms with E-state index in [1.54, 1.807) is 0 Å². The molecule has 18 heavy (non-hydrogen) atoms. The van der Waals surface area contributed by atoms with Crippen molar-refractivity contribution in [3.63, 3.8) is 0 Å². The van der Waals surface area contributed by atoms with Crippen LogP contribution in [0.2, 0.25) is 0 Å². The number of nitrogens with one attached hydrogen (secondary N) is 1. The van der Waals surface area contributed by atoms with Crippen molar-refractivity contribution < 1.29 is 9.53 Å². The number of esters is 1. The predicted molar refractivity (Wildman–Crippen MR) is 78.0 cm³/mol. The highest BCUT2D eigenvalue weighted by atomic mass is 32.2. The first-order chi connectivity index (χ1) is 8.68. The molecule has 106 valence electrons. The van der Waals surface area contributed by atoms with Crippen LogP contribution in [0.3, 0.4) is 0 Å². The van der Waals surface area contributed by atoms with Gasteiger partial charge in [0.2, 0.25) is 0 Å². The number of carbonyl (C=O) groups is 1. The van der Waals surface area contributed by atoms with E-state index in [0.717, 1.165) is 19.3 Å². The van der Waals surface area contributed by atoms with Gasteiger partial charge in [-0.1, -0.05) is 19.8 Å². The van der Waals surface area contributed by atoms with Crippen LogP contribution in [0, 0.1) is 0 Å². The molecule has 1 saturated carbocycles. The average Bonchev–Trinajstić information content (AvgIpc) is 2.43. The zero-order valence-corrected chi connectivity index (χ0v) is 12.8. The number of hydrogen-bond acceptors (Lipinski definition) is 4. The topological polar surface area (TPSA) is 38.3 Å². The maximum Gasteiger partial charge on any atom is 0.326 e. The predicted octanol–water partition coefficient (Wildman–Crippen LogP) is 2.98. The van der Waals surface area contributed by atoms with Gasteiger partial charge in [-0.15, -0.1) is 0 Å². The summed E-state index contributed by atoms with van der Waals surface area (Å²) in [6.45, 7) is 2.23. The molecule has 0 aromatic heterocycles. The minimum absolute atomic E-state index is 0.0936. The second-order valence-electron chi connectivity index (χ2n) is 5.12. The first-order valence-electron chi connectivity index (χ1n) is 7.07. The van der Waals surface area contributed by atoms with Gasteiger partial charge in [0, 0.05) is 5.25 Å². The first-order valence-corrected chi connectivity index (χ1v) is 8.12. The zero-order valence-electron chi connectivity index (χ0n) is 12.0. The lowest BCUT2D eigenvalue weighted by Crippen LogP contribution is -2.54. The molecule has 1 aliphatic rings. The van der Waals surface area contributed by atoms with Crippen LogP contribution in [-0.4, -0.2) is 36.7 Å². The van der Waals surface area contributed by atoms with Gasteiger partial charge in [0.25, 0.3) is 0 Å². The summed E-state index contributed by atoms with van der Waals surface area (Å²) in [4.78, 5) is 11.9. The molecule has 0 aromatic carbocycles. The summed E-state index contributed by atoms with van der Waals surface area (Å²) in [5, 5.41) is 3.81. The van der Waals surface area contributed by atoms with Crippen molar-refractivity contribution in [1.29, 1.82) is 0 Å². The Kier molecular flexibility index (Phi) is 7.08. The Morgan fingerprint density at radius 3 is 2.89 bits per heavy atom. The highest BCUT2D eigenvalue weighted by Gasteiger charge is 2.42. The van der Waals surface area contributed by atoms with Crippen molar-refractivity contribution >= 4 is 17.7 Å². The van der Waals surface area contributed by atoms with E-state index in [0.29, 0.717) is 5.25 Å². The van der Waals surface area contributed by atoms with E-state index in [4.69, 9.17) is 4.74 Å². The largest absolute Gasteiger partial charge is 0.468 e. The third-order valence-electron chi connectivity index (χ3n) is 3.86. The highest BCUT2D eigenvalue weighted by molar-refractivity contribution is 7.99. The number of methoxy groups -OCH3 is 1. The summed E-state index contributed by atoms with van der Waals surface area (Å²) in [7, 11) is 3.36. The van der Waals surface area contributed by atoms with Crippen molar-refractivity contribution in [1.82, 2.24) is 5.32 Å². The quantitative estimate of drug-likeness (QED) is 0.572. The Bertz CT molecular complexity index is 260. The Morgan fingerprint density at radius 1 is 1.50 bits per heavy atom. The van der Waals surface area contributed by atoms with Gasteiger partial charge in [-0.05, 0) is 44.9 Å². The monoisotopic (exact) mass is 273 g/mol. The Balaban J connectivity index is 2.45. The van der Waals surface area contributed by atoms with Gasteiger partial charge < -0.3 is 10.1 Å². The second kappa shape index (κ2) is 8.05.